The van der Waals surface area contributed by atoms with Crippen molar-refractivity contribution in [1.29, 1.82) is 0 Å². The van der Waals surface area contributed by atoms with Gasteiger partial charge in [-0.05, 0) is 19.5 Å². The van der Waals surface area contributed by atoms with Crippen LogP contribution < -0.4 is 5.32 Å². The topological polar surface area (TPSA) is 44.7 Å². The number of halogens is 2. The SMILES string of the molecule is Cl.Cl.O[C@@H]1COC[C@H]1N1CCCNCC1. The van der Waals surface area contributed by atoms with Gasteiger partial charge in [0.05, 0.1) is 25.4 Å². The third kappa shape index (κ3) is 4.06. The molecule has 0 aromatic rings. The first-order valence-electron chi connectivity index (χ1n) is 5.08. The van der Waals surface area contributed by atoms with E-state index in [-0.39, 0.29) is 37.0 Å². The molecule has 0 aromatic heterocycles. The minimum Gasteiger partial charge on any atom is -0.389 e. The summed E-state index contributed by atoms with van der Waals surface area (Å²) in [5.41, 5.74) is 0. The predicted molar refractivity (Wildman–Crippen MR) is 64.2 cm³/mol. The van der Waals surface area contributed by atoms with E-state index in [0.29, 0.717) is 13.2 Å². The molecular weight excluding hydrogens is 239 g/mol. The van der Waals surface area contributed by atoms with Crippen LogP contribution in [0.25, 0.3) is 0 Å². The minimum atomic E-state index is -0.280. The fourth-order valence-corrected chi connectivity index (χ4v) is 2.08. The molecule has 0 unspecified atom stereocenters. The lowest BCUT2D eigenvalue weighted by Crippen LogP contribution is -2.44. The van der Waals surface area contributed by atoms with Gasteiger partial charge in [-0.15, -0.1) is 24.8 Å². The molecule has 2 saturated heterocycles. The van der Waals surface area contributed by atoms with E-state index in [4.69, 9.17) is 4.74 Å². The highest BCUT2D eigenvalue weighted by Crippen LogP contribution is 2.13. The number of ether oxygens (including phenoxy) is 1. The number of nitrogens with zero attached hydrogens (tertiary/aromatic N) is 1. The highest BCUT2D eigenvalue weighted by atomic mass is 35.5. The number of aliphatic hydroxyl groups is 1. The molecule has 92 valence electrons. The second-order valence-electron chi connectivity index (χ2n) is 3.81. The van der Waals surface area contributed by atoms with Crippen molar-refractivity contribution >= 4 is 24.8 Å². The van der Waals surface area contributed by atoms with Crippen molar-refractivity contribution in [1.82, 2.24) is 10.2 Å². The van der Waals surface area contributed by atoms with E-state index < -0.39 is 0 Å². The van der Waals surface area contributed by atoms with Crippen molar-refractivity contribution < 1.29 is 9.84 Å². The second kappa shape index (κ2) is 7.65. The zero-order chi connectivity index (χ0) is 9.10. The third-order valence-electron chi connectivity index (χ3n) is 2.87. The Morgan fingerprint density at radius 1 is 1.13 bits per heavy atom. The molecule has 0 amide bonds. The van der Waals surface area contributed by atoms with Gasteiger partial charge < -0.3 is 15.2 Å². The standard InChI is InChI=1S/C9H18N2O2.2ClH/c12-9-7-13-6-8(9)11-4-1-2-10-3-5-11;;/h8-10,12H,1-7H2;2*1H/t8-,9-;;/m1../s1. The number of rotatable bonds is 1. The summed E-state index contributed by atoms with van der Waals surface area (Å²) in [6.07, 6.45) is 0.890. The van der Waals surface area contributed by atoms with Crippen LogP contribution >= 0.6 is 24.8 Å². The fourth-order valence-electron chi connectivity index (χ4n) is 2.08. The molecule has 0 spiro atoms. The Balaban J connectivity index is 0.000000980. The van der Waals surface area contributed by atoms with Crippen molar-refractivity contribution in [3.05, 3.63) is 0 Å². The molecule has 2 aliphatic heterocycles. The van der Waals surface area contributed by atoms with Gasteiger partial charge in [0.25, 0.3) is 0 Å². The van der Waals surface area contributed by atoms with Crippen molar-refractivity contribution in [2.75, 3.05) is 39.4 Å². The number of aliphatic hydroxyl groups excluding tert-OH is 1. The van der Waals surface area contributed by atoms with Gasteiger partial charge >= 0.3 is 0 Å². The molecule has 0 bridgehead atoms. The first-order chi connectivity index (χ1) is 6.38. The summed E-state index contributed by atoms with van der Waals surface area (Å²) in [5.74, 6) is 0. The molecule has 2 N–H and O–H groups in total. The van der Waals surface area contributed by atoms with Gasteiger partial charge in [-0.3, -0.25) is 4.90 Å². The lowest BCUT2D eigenvalue weighted by Gasteiger charge is -2.27. The van der Waals surface area contributed by atoms with Crippen LogP contribution in [-0.4, -0.2) is 61.5 Å². The lowest BCUT2D eigenvalue weighted by molar-refractivity contribution is 0.0857. The van der Waals surface area contributed by atoms with E-state index in [0.717, 1.165) is 26.2 Å². The molecule has 4 nitrogen and oxygen atoms in total. The van der Waals surface area contributed by atoms with Gasteiger partial charge in [-0.2, -0.15) is 0 Å². The predicted octanol–water partition coefficient (Wildman–Crippen LogP) is -0.115. The maximum atomic E-state index is 9.65. The van der Waals surface area contributed by atoms with E-state index in [2.05, 4.69) is 10.2 Å². The van der Waals surface area contributed by atoms with Gasteiger partial charge in [0.1, 0.15) is 0 Å². The summed E-state index contributed by atoms with van der Waals surface area (Å²) in [7, 11) is 0. The van der Waals surface area contributed by atoms with Gasteiger partial charge in [-0.1, -0.05) is 0 Å². The van der Waals surface area contributed by atoms with Crippen LogP contribution in [0, 0.1) is 0 Å². The van der Waals surface area contributed by atoms with Crippen molar-refractivity contribution in [3.8, 4) is 0 Å². The van der Waals surface area contributed by atoms with E-state index in [1.165, 1.54) is 6.42 Å². The summed E-state index contributed by atoms with van der Waals surface area (Å²) in [4.78, 5) is 2.34. The first-order valence-corrected chi connectivity index (χ1v) is 5.08. The van der Waals surface area contributed by atoms with E-state index >= 15 is 0 Å². The van der Waals surface area contributed by atoms with Crippen LogP contribution in [0.5, 0.6) is 0 Å². The summed E-state index contributed by atoms with van der Waals surface area (Å²) < 4.78 is 5.25. The average Bonchev–Trinajstić information content (AvgIpc) is 2.43. The van der Waals surface area contributed by atoms with Crippen LogP contribution in [-0.2, 0) is 4.74 Å². The fraction of sp³-hybridized carbons (Fsp3) is 1.00. The molecular formula is C9H20Cl2N2O2. The number of hydrogen-bond donors (Lipinski definition) is 2. The summed E-state index contributed by atoms with van der Waals surface area (Å²) >= 11 is 0. The molecule has 2 aliphatic rings. The smallest absolute Gasteiger partial charge is 0.0950 e. The van der Waals surface area contributed by atoms with Gasteiger partial charge in [0, 0.05) is 13.1 Å². The monoisotopic (exact) mass is 258 g/mol. The summed E-state index contributed by atoms with van der Waals surface area (Å²) in [6, 6.07) is 0.236. The molecule has 0 aromatic carbocycles. The number of nitrogens with one attached hydrogen (secondary N) is 1. The molecule has 2 heterocycles. The van der Waals surface area contributed by atoms with Crippen molar-refractivity contribution in [2.45, 2.75) is 18.6 Å². The summed E-state index contributed by atoms with van der Waals surface area (Å²) in [6.45, 7) is 5.45. The second-order valence-corrected chi connectivity index (χ2v) is 3.81. The van der Waals surface area contributed by atoms with Crippen LogP contribution in [0.2, 0.25) is 0 Å². The lowest BCUT2D eigenvalue weighted by atomic mass is 10.2. The Hall–Kier alpha value is 0.420. The van der Waals surface area contributed by atoms with Gasteiger partial charge in [0.2, 0.25) is 0 Å². The maximum Gasteiger partial charge on any atom is 0.0950 e. The normalized spacial score (nSPS) is 32.6. The first kappa shape index (κ1) is 15.4. The Morgan fingerprint density at radius 3 is 2.60 bits per heavy atom. The Bertz CT molecular complexity index is 166. The average molecular weight is 259 g/mol. The molecule has 0 saturated carbocycles. The number of hydrogen-bond acceptors (Lipinski definition) is 4. The molecule has 2 atom stereocenters. The Kier molecular flexibility index (Phi) is 7.87. The largest absolute Gasteiger partial charge is 0.389 e. The molecule has 2 fully saturated rings. The maximum absolute atomic E-state index is 9.65. The van der Waals surface area contributed by atoms with Gasteiger partial charge in [0.15, 0.2) is 0 Å². The van der Waals surface area contributed by atoms with Crippen LogP contribution in [0.4, 0.5) is 0 Å². The van der Waals surface area contributed by atoms with E-state index in [9.17, 15) is 5.11 Å². The quantitative estimate of drug-likeness (QED) is 0.689. The van der Waals surface area contributed by atoms with Crippen molar-refractivity contribution in [2.24, 2.45) is 0 Å². The zero-order valence-corrected chi connectivity index (χ0v) is 10.4. The van der Waals surface area contributed by atoms with E-state index in [1.54, 1.807) is 0 Å². The summed E-state index contributed by atoms with van der Waals surface area (Å²) in [5, 5.41) is 13.0. The molecule has 15 heavy (non-hydrogen) atoms. The van der Waals surface area contributed by atoms with Crippen LogP contribution in [0.3, 0.4) is 0 Å². The Morgan fingerprint density at radius 2 is 1.93 bits per heavy atom. The third-order valence-corrected chi connectivity index (χ3v) is 2.87. The van der Waals surface area contributed by atoms with Gasteiger partial charge in [-0.25, -0.2) is 0 Å². The highest BCUT2D eigenvalue weighted by molar-refractivity contribution is 5.85. The molecule has 0 aliphatic carbocycles. The van der Waals surface area contributed by atoms with Crippen molar-refractivity contribution in [3.63, 3.8) is 0 Å². The molecule has 6 heteroatoms. The molecule has 0 radical (unpaired) electrons. The Labute approximate surface area is 103 Å². The van der Waals surface area contributed by atoms with E-state index in [1.807, 2.05) is 0 Å². The minimum absolute atomic E-state index is 0. The highest BCUT2D eigenvalue weighted by Gasteiger charge is 2.31. The van der Waals surface area contributed by atoms with Crippen LogP contribution in [0.1, 0.15) is 6.42 Å². The zero-order valence-electron chi connectivity index (χ0n) is 8.72. The molecule has 2 rings (SSSR count). The van der Waals surface area contributed by atoms with Crippen LogP contribution in [0.15, 0.2) is 0 Å².